The number of aromatic nitrogens is 1. The second kappa shape index (κ2) is 13.4. The lowest BCUT2D eigenvalue weighted by Gasteiger charge is -2.25. The molecule has 0 aliphatic rings. The molecule has 4 aromatic rings. The number of carbonyl (C=O) groups excluding carboxylic acids is 1. The fourth-order valence-corrected chi connectivity index (χ4v) is 6.24. The number of carbonyl (C=O) groups is 1. The van der Waals surface area contributed by atoms with Crippen LogP contribution in [0.1, 0.15) is 17.0 Å². The molecule has 0 radical (unpaired) electrons. The molecule has 0 saturated heterocycles. The van der Waals surface area contributed by atoms with E-state index in [-0.39, 0.29) is 27.1 Å². The third kappa shape index (κ3) is 6.90. The SMILES string of the molecule is COc1ccc(S(=O)(=O)N(CC(=O)N/N=C/c2cc(C)n(-c3ccc(Cl)cc3)c2C)c2cc(Cl)ccc2OC)cc1OC. The molecular formula is C30H30Cl2N4O6S. The number of sulfonamides is 1. The summed E-state index contributed by atoms with van der Waals surface area (Å²) in [6, 6.07) is 17.9. The molecule has 0 bridgehead atoms. The Morgan fingerprint density at radius 3 is 2.16 bits per heavy atom. The van der Waals surface area contributed by atoms with Crippen LogP contribution in [-0.4, -0.2) is 53.0 Å². The van der Waals surface area contributed by atoms with Crippen molar-refractivity contribution in [2.75, 3.05) is 32.2 Å². The first-order valence-electron chi connectivity index (χ1n) is 12.8. The number of amides is 1. The molecule has 1 N–H and O–H groups in total. The van der Waals surface area contributed by atoms with Crippen LogP contribution in [0.4, 0.5) is 5.69 Å². The third-order valence-corrected chi connectivity index (χ3v) is 8.83. The fourth-order valence-electron chi connectivity index (χ4n) is 4.51. The van der Waals surface area contributed by atoms with Crippen LogP contribution >= 0.6 is 23.2 Å². The van der Waals surface area contributed by atoms with Gasteiger partial charge >= 0.3 is 0 Å². The minimum atomic E-state index is -4.34. The quantitative estimate of drug-likeness (QED) is 0.164. The fraction of sp³-hybridized carbons (Fsp3) is 0.200. The van der Waals surface area contributed by atoms with Crippen LogP contribution in [0.25, 0.3) is 5.69 Å². The summed E-state index contributed by atoms with van der Waals surface area (Å²) >= 11 is 12.3. The normalized spacial score (nSPS) is 11.4. The van der Waals surface area contributed by atoms with Gasteiger partial charge in [-0.25, -0.2) is 13.8 Å². The van der Waals surface area contributed by atoms with Gasteiger partial charge in [-0.1, -0.05) is 23.2 Å². The lowest BCUT2D eigenvalue weighted by atomic mass is 10.2. The van der Waals surface area contributed by atoms with Crippen LogP contribution in [0, 0.1) is 13.8 Å². The van der Waals surface area contributed by atoms with Gasteiger partial charge in [0.2, 0.25) is 0 Å². The summed E-state index contributed by atoms with van der Waals surface area (Å²) in [4.78, 5) is 13.0. The van der Waals surface area contributed by atoms with E-state index in [1.807, 2.05) is 36.6 Å². The number of methoxy groups -OCH3 is 3. The van der Waals surface area contributed by atoms with Gasteiger partial charge in [-0.05, 0) is 74.5 Å². The van der Waals surface area contributed by atoms with Crippen LogP contribution < -0.4 is 23.9 Å². The van der Waals surface area contributed by atoms with Gasteiger partial charge in [-0.2, -0.15) is 5.10 Å². The van der Waals surface area contributed by atoms with E-state index >= 15 is 0 Å². The predicted molar refractivity (Wildman–Crippen MR) is 168 cm³/mol. The van der Waals surface area contributed by atoms with Gasteiger partial charge in [0.25, 0.3) is 15.9 Å². The van der Waals surface area contributed by atoms with Gasteiger partial charge in [0.15, 0.2) is 11.5 Å². The zero-order chi connectivity index (χ0) is 31.3. The maximum atomic E-state index is 14.0. The minimum Gasteiger partial charge on any atom is -0.495 e. The Morgan fingerprint density at radius 1 is 0.884 bits per heavy atom. The van der Waals surface area contributed by atoms with Crippen LogP contribution in [-0.2, 0) is 14.8 Å². The number of nitrogens with one attached hydrogen (secondary N) is 1. The second-order valence-electron chi connectivity index (χ2n) is 9.28. The molecule has 1 amide bonds. The summed E-state index contributed by atoms with van der Waals surface area (Å²) in [7, 11) is -0.122. The van der Waals surface area contributed by atoms with Crippen molar-refractivity contribution in [1.29, 1.82) is 0 Å². The molecule has 0 aliphatic carbocycles. The van der Waals surface area contributed by atoms with E-state index in [2.05, 4.69) is 10.5 Å². The molecule has 1 aromatic heterocycles. The number of ether oxygens (including phenoxy) is 3. The topological polar surface area (TPSA) is 111 Å². The van der Waals surface area contributed by atoms with Gasteiger partial charge < -0.3 is 18.8 Å². The first-order valence-corrected chi connectivity index (χ1v) is 15.0. The van der Waals surface area contributed by atoms with Crippen molar-refractivity contribution < 1.29 is 27.4 Å². The number of hydrogen-bond donors (Lipinski definition) is 1. The van der Waals surface area contributed by atoms with Crippen LogP contribution in [0.5, 0.6) is 17.2 Å². The molecule has 1 heterocycles. The van der Waals surface area contributed by atoms with Crippen molar-refractivity contribution in [3.63, 3.8) is 0 Å². The average molecular weight is 646 g/mol. The number of aryl methyl sites for hydroxylation is 1. The number of halogens is 2. The average Bonchev–Trinajstić information content (AvgIpc) is 3.27. The highest BCUT2D eigenvalue weighted by atomic mass is 35.5. The molecule has 43 heavy (non-hydrogen) atoms. The first kappa shape index (κ1) is 31.7. The monoisotopic (exact) mass is 644 g/mol. The van der Waals surface area contributed by atoms with Gasteiger partial charge in [0.1, 0.15) is 12.3 Å². The van der Waals surface area contributed by atoms with Crippen molar-refractivity contribution in [1.82, 2.24) is 9.99 Å². The maximum Gasteiger partial charge on any atom is 0.265 e. The number of hydrogen-bond acceptors (Lipinski definition) is 7. The first-order chi connectivity index (χ1) is 20.5. The highest BCUT2D eigenvalue weighted by molar-refractivity contribution is 7.92. The summed E-state index contributed by atoms with van der Waals surface area (Å²) in [5, 5.41) is 4.98. The molecule has 13 heteroatoms. The Hall–Kier alpha value is -4.19. The number of hydrazone groups is 1. The minimum absolute atomic E-state index is 0.0652. The van der Waals surface area contributed by atoms with E-state index in [1.165, 1.54) is 57.9 Å². The van der Waals surface area contributed by atoms with E-state index in [0.717, 1.165) is 26.9 Å². The summed E-state index contributed by atoms with van der Waals surface area (Å²) < 4.78 is 46.8. The summed E-state index contributed by atoms with van der Waals surface area (Å²) in [6.07, 6.45) is 1.50. The van der Waals surface area contributed by atoms with Crippen LogP contribution in [0.2, 0.25) is 10.0 Å². The maximum absolute atomic E-state index is 14.0. The molecular weight excluding hydrogens is 615 g/mol. The van der Waals surface area contributed by atoms with Crippen molar-refractivity contribution in [3.8, 4) is 22.9 Å². The summed E-state index contributed by atoms with van der Waals surface area (Å²) in [5.41, 5.74) is 6.02. The smallest absolute Gasteiger partial charge is 0.265 e. The number of rotatable bonds is 11. The van der Waals surface area contributed by atoms with Gasteiger partial charge in [-0.15, -0.1) is 0 Å². The van der Waals surface area contributed by atoms with Crippen molar-refractivity contribution in [2.45, 2.75) is 18.7 Å². The van der Waals surface area contributed by atoms with Gasteiger partial charge in [0, 0.05) is 38.8 Å². The van der Waals surface area contributed by atoms with Crippen molar-refractivity contribution >= 4 is 51.0 Å². The largest absolute Gasteiger partial charge is 0.495 e. The number of benzene rings is 3. The van der Waals surface area contributed by atoms with E-state index in [9.17, 15) is 13.2 Å². The lowest BCUT2D eigenvalue weighted by molar-refractivity contribution is -0.119. The highest BCUT2D eigenvalue weighted by Gasteiger charge is 2.30. The van der Waals surface area contributed by atoms with E-state index in [1.54, 1.807) is 18.2 Å². The molecule has 0 atom stereocenters. The Balaban J connectivity index is 1.64. The third-order valence-electron chi connectivity index (χ3n) is 6.59. The molecule has 0 spiro atoms. The van der Waals surface area contributed by atoms with E-state index < -0.39 is 22.5 Å². The molecule has 10 nitrogen and oxygen atoms in total. The summed E-state index contributed by atoms with van der Waals surface area (Å²) in [6.45, 7) is 3.25. The second-order valence-corrected chi connectivity index (χ2v) is 12.0. The highest BCUT2D eigenvalue weighted by Crippen LogP contribution is 2.37. The molecule has 0 fully saturated rings. The molecule has 226 valence electrons. The van der Waals surface area contributed by atoms with E-state index in [0.29, 0.717) is 10.8 Å². The Kier molecular flexibility index (Phi) is 9.90. The Morgan fingerprint density at radius 2 is 1.51 bits per heavy atom. The van der Waals surface area contributed by atoms with Crippen molar-refractivity contribution in [2.24, 2.45) is 5.10 Å². The Labute approximate surface area is 260 Å². The zero-order valence-corrected chi connectivity index (χ0v) is 26.4. The standard InChI is InChI=1S/C30H30Cl2N4O6S/c1-19-14-21(20(2)36(19)24-9-6-22(31)7-10-24)17-33-34-30(37)18-35(26-15-23(32)8-12-27(26)40-3)43(38,39)25-11-13-28(41-4)29(16-25)42-5/h6-17H,18H2,1-5H3,(H,34,37)/b33-17+. The van der Waals surface area contributed by atoms with Gasteiger partial charge in [-0.3, -0.25) is 9.10 Å². The number of anilines is 1. The molecule has 0 aliphatic heterocycles. The molecule has 0 saturated carbocycles. The zero-order valence-electron chi connectivity index (χ0n) is 24.1. The van der Waals surface area contributed by atoms with Crippen molar-refractivity contribution in [3.05, 3.63) is 93.7 Å². The summed E-state index contributed by atoms with van der Waals surface area (Å²) in [5.74, 6) is 0.0379. The molecule has 0 unspecified atom stereocenters. The molecule has 3 aromatic carbocycles. The van der Waals surface area contributed by atoms with Gasteiger partial charge in [0.05, 0.1) is 38.1 Å². The lowest BCUT2D eigenvalue weighted by Crippen LogP contribution is -2.39. The van der Waals surface area contributed by atoms with E-state index in [4.69, 9.17) is 37.4 Å². The molecule has 4 rings (SSSR count). The Bertz CT molecular complexity index is 1770. The van der Waals surface area contributed by atoms with Crippen LogP contribution in [0.3, 0.4) is 0 Å². The predicted octanol–water partition coefficient (Wildman–Crippen LogP) is 5.77. The van der Waals surface area contributed by atoms with Crippen LogP contribution in [0.15, 0.2) is 76.7 Å². The number of nitrogens with zero attached hydrogens (tertiary/aromatic N) is 3.